The van der Waals surface area contributed by atoms with Crippen LogP contribution in [0.2, 0.25) is 0 Å². The van der Waals surface area contributed by atoms with Gasteiger partial charge in [0.1, 0.15) is 11.3 Å². The van der Waals surface area contributed by atoms with Gasteiger partial charge in [-0.25, -0.2) is 9.50 Å². The maximum atomic E-state index is 6.16. The van der Waals surface area contributed by atoms with Gasteiger partial charge < -0.3 is 14.1 Å². The van der Waals surface area contributed by atoms with Crippen LogP contribution in [-0.4, -0.2) is 40.4 Å². The highest BCUT2D eigenvalue weighted by Gasteiger charge is 2.21. The predicted octanol–water partition coefficient (Wildman–Crippen LogP) is 3.68. The minimum Gasteiger partial charge on any atom is -0.454 e. The van der Waals surface area contributed by atoms with E-state index in [0.717, 1.165) is 53.5 Å². The number of hydrogen-bond acceptors (Lipinski definition) is 5. The Bertz CT molecular complexity index is 1100. The van der Waals surface area contributed by atoms with Crippen LogP contribution in [0.1, 0.15) is 12.6 Å². The highest BCUT2D eigenvalue weighted by atomic mass is 16.5. The Hall–Kier alpha value is -2.86. The molecule has 132 valence electrons. The molecule has 5 rings (SSSR count). The molecule has 6 nitrogen and oxygen atoms in total. The summed E-state index contributed by atoms with van der Waals surface area (Å²) in [7, 11) is 0. The molecule has 4 heterocycles. The van der Waals surface area contributed by atoms with Crippen LogP contribution in [-0.2, 0) is 4.74 Å². The Kier molecular flexibility index (Phi) is 3.46. The van der Waals surface area contributed by atoms with E-state index in [1.165, 1.54) is 5.69 Å². The second kappa shape index (κ2) is 5.85. The molecule has 0 amide bonds. The van der Waals surface area contributed by atoms with E-state index >= 15 is 0 Å². The lowest BCUT2D eigenvalue weighted by Gasteiger charge is -2.33. The minimum absolute atomic E-state index is 0.233. The van der Waals surface area contributed by atoms with Gasteiger partial charge in [-0.05, 0) is 44.2 Å². The summed E-state index contributed by atoms with van der Waals surface area (Å²) in [4.78, 5) is 6.81. The molecule has 3 aromatic heterocycles. The largest absolute Gasteiger partial charge is 0.454 e. The van der Waals surface area contributed by atoms with Crippen molar-refractivity contribution >= 4 is 22.3 Å². The Morgan fingerprint density at radius 3 is 3.00 bits per heavy atom. The highest BCUT2D eigenvalue weighted by molar-refractivity contribution is 5.94. The van der Waals surface area contributed by atoms with Crippen LogP contribution in [0.4, 0.5) is 5.69 Å². The Morgan fingerprint density at radius 1 is 1.19 bits per heavy atom. The summed E-state index contributed by atoms with van der Waals surface area (Å²) < 4.78 is 13.7. The monoisotopic (exact) mass is 348 g/mol. The first-order valence-electron chi connectivity index (χ1n) is 8.90. The molecule has 4 aromatic rings. The molecule has 0 saturated carbocycles. The number of furan rings is 1. The smallest absolute Gasteiger partial charge is 0.155 e. The fourth-order valence-electron chi connectivity index (χ4n) is 3.62. The second-order valence-electron chi connectivity index (χ2n) is 6.82. The van der Waals surface area contributed by atoms with Gasteiger partial charge in [-0.1, -0.05) is 6.07 Å². The van der Waals surface area contributed by atoms with E-state index in [4.69, 9.17) is 9.15 Å². The number of morpholine rings is 1. The summed E-state index contributed by atoms with van der Waals surface area (Å²) in [6, 6.07) is 12.2. The third-order valence-corrected chi connectivity index (χ3v) is 4.87. The van der Waals surface area contributed by atoms with Crippen LogP contribution >= 0.6 is 0 Å². The third-order valence-electron chi connectivity index (χ3n) is 4.87. The van der Waals surface area contributed by atoms with Crippen molar-refractivity contribution in [2.75, 3.05) is 24.6 Å². The first-order chi connectivity index (χ1) is 12.7. The van der Waals surface area contributed by atoms with E-state index < -0.39 is 0 Å². The lowest BCUT2D eigenvalue weighted by Crippen LogP contribution is -2.41. The lowest BCUT2D eigenvalue weighted by atomic mass is 10.1. The van der Waals surface area contributed by atoms with Gasteiger partial charge in [-0.3, -0.25) is 0 Å². The maximum Gasteiger partial charge on any atom is 0.155 e. The first kappa shape index (κ1) is 15.4. The number of anilines is 1. The third kappa shape index (κ3) is 2.45. The lowest BCUT2D eigenvalue weighted by molar-refractivity contribution is 0.0533. The molecule has 1 aromatic carbocycles. The zero-order valence-electron chi connectivity index (χ0n) is 14.8. The molecule has 1 saturated heterocycles. The van der Waals surface area contributed by atoms with Gasteiger partial charge in [0.15, 0.2) is 11.4 Å². The van der Waals surface area contributed by atoms with E-state index in [1.807, 2.05) is 41.9 Å². The summed E-state index contributed by atoms with van der Waals surface area (Å²) in [6.45, 7) is 6.61. The number of aromatic nitrogens is 3. The predicted molar refractivity (Wildman–Crippen MR) is 101 cm³/mol. The molecule has 1 fully saturated rings. The van der Waals surface area contributed by atoms with Gasteiger partial charge in [-0.15, -0.1) is 0 Å². The second-order valence-corrected chi connectivity index (χ2v) is 6.82. The van der Waals surface area contributed by atoms with Crippen LogP contribution in [0.15, 0.2) is 47.0 Å². The van der Waals surface area contributed by atoms with Crippen LogP contribution in [0.3, 0.4) is 0 Å². The van der Waals surface area contributed by atoms with E-state index in [0.29, 0.717) is 0 Å². The van der Waals surface area contributed by atoms with Crippen LogP contribution < -0.4 is 4.90 Å². The quantitative estimate of drug-likeness (QED) is 0.553. The van der Waals surface area contributed by atoms with Gasteiger partial charge in [0.25, 0.3) is 0 Å². The summed E-state index contributed by atoms with van der Waals surface area (Å²) in [6.07, 6.45) is 2.05. The summed E-state index contributed by atoms with van der Waals surface area (Å²) in [5, 5.41) is 5.68. The van der Waals surface area contributed by atoms with Crippen molar-refractivity contribution in [2.45, 2.75) is 20.0 Å². The van der Waals surface area contributed by atoms with Crippen molar-refractivity contribution in [2.24, 2.45) is 0 Å². The minimum atomic E-state index is 0.233. The van der Waals surface area contributed by atoms with Gasteiger partial charge in [0.2, 0.25) is 0 Å². The molecular formula is C20H20N4O2. The van der Waals surface area contributed by atoms with E-state index in [2.05, 4.69) is 34.0 Å². The fourth-order valence-corrected chi connectivity index (χ4v) is 3.62. The zero-order chi connectivity index (χ0) is 17.7. The molecule has 0 N–H and O–H groups in total. The first-order valence-corrected chi connectivity index (χ1v) is 8.90. The molecule has 0 bridgehead atoms. The van der Waals surface area contributed by atoms with Crippen molar-refractivity contribution in [3.8, 4) is 11.5 Å². The molecule has 1 atom stereocenters. The fraction of sp³-hybridized carbons (Fsp3) is 0.300. The van der Waals surface area contributed by atoms with E-state index in [9.17, 15) is 0 Å². The number of nitrogens with zero attached hydrogens (tertiary/aromatic N) is 4. The highest BCUT2D eigenvalue weighted by Crippen LogP contribution is 2.34. The Balaban J connectivity index is 1.64. The Labute approximate surface area is 151 Å². The van der Waals surface area contributed by atoms with E-state index in [-0.39, 0.29) is 6.10 Å². The van der Waals surface area contributed by atoms with Crippen LogP contribution in [0.25, 0.3) is 28.1 Å². The zero-order valence-corrected chi connectivity index (χ0v) is 14.8. The van der Waals surface area contributed by atoms with Crippen molar-refractivity contribution in [1.29, 1.82) is 0 Å². The van der Waals surface area contributed by atoms with Crippen molar-refractivity contribution in [1.82, 2.24) is 14.6 Å². The molecule has 26 heavy (non-hydrogen) atoms. The number of imidazole rings is 1. The number of fused-ring (bicyclic) bond motifs is 2. The Morgan fingerprint density at radius 2 is 2.12 bits per heavy atom. The molecule has 0 aliphatic carbocycles. The van der Waals surface area contributed by atoms with Gasteiger partial charge >= 0.3 is 0 Å². The average Bonchev–Trinajstić information content (AvgIpc) is 3.24. The van der Waals surface area contributed by atoms with Gasteiger partial charge in [0, 0.05) is 24.2 Å². The topological polar surface area (TPSA) is 55.8 Å². The molecular weight excluding hydrogens is 328 g/mol. The SMILES string of the molecule is Cc1ccc2ncc(-c3cc4c(N5CCO[C@H](C)C5)cccc4o3)n2n1. The van der Waals surface area contributed by atoms with Gasteiger partial charge in [-0.2, -0.15) is 5.10 Å². The molecule has 0 unspecified atom stereocenters. The normalized spacial score (nSPS) is 18.1. The summed E-state index contributed by atoms with van der Waals surface area (Å²) in [5.41, 5.74) is 4.68. The standard InChI is InChI=1S/C20H20N4O2/c1-13-6-7-20-21-11-17(24(20)22-13)19-10-15-16(4-3-5-18(15)26-19)23-8-9-25-14(2)12-23/h3-7,10-11,14H,8-9,12H2,1-2H3/t14-/m1/s1. The summed E-state index contributed by atoms with van der Waals surface area (Å²) >= 11 is 0. The summed E-state index contributed by atoms with van der Waals surface area (Å²) in [5.74, 6) is 0.777. The number of aryl methyl sites for hydroxylation is 1. The molecule has 1 aliphatic rings. The number of benzene rings is 1. The molecule has 0 spiro atoms. The molecule has 1 aliphatic heterocycles. The molecule has 0 radical (unpaired) electrons. The number of ether oxygens (including phenoxy) is 1. The number of hydrogen-bond donors (Lipinski definition) is 0. The van der Waals surface area contributed by atoms with Crippen molar-refractivity contribution < 1.29 is 9.15 Å². The molecule has 6 heteroatoms. The van der Waals surface area contributed by atoms with Crippen LogP contribution in [0.5, 0.6) is 0 Å². The van der Waals surface area contributed by atoms with Gasteiger partial charge in [0.05, 0.1) is 24.6 Å². The van der Waals surface area contributed by atoms with Crippen LogP contribution in [0, 0.1) is 6.92 Å². The van der Waals surface area contributed by atoms with Crippen molar-refractivity contribution in [3.05, 3.63) is 48.3 Å². The maximum absolute atomic E-state index is 6.16. The average molecular weight is 348 g/mol. The number of rotatable bonds is 2. The van der Waals surface area contributed by atoms with Crippen molar-refractivity contribution in [3.63, 3.8) is 0 Å². The van der Waals surface area contributed by atoms with E-state index in [1.54, 1.807) is 0 Å².